The highest BCUT2D eigenvalue weighted by atomic mass is 79.9. The van der Waals surface area contributed by atoms with Crippen molar-refractivity contribution in [2.45, 2.75) is 12.1 Å². The lowest BCUT2D eigenvalue weighted by Gasteiger charge is -2.44. The van der Waals surface area contributed by atoms with Gasteiger partial charge in [0.05, 0.1) is 0 Å². The highest BCUT2D eigenvalue weighted by Crippen LogP contribution is 2.37. The highest BCUT2D eigenvalue weighted by Gasteiger charge is 2.32. The number of hydrogen-bond donors (Lipinski definition) is 0. The van der Waals surface area contributed by atoms with E-state index in [0.29, 0.717) is 12.1 Å². The molecule has 2 atom stereocenters. The second-order valence-corrected chi connectivity index (χ2v) is 7.66. The predicted octanol–water partition coefficient (Wildman–Crippen LogP) is 4.87. The molecule has 1 heterocycles. The second-order valence-electron chi connectivity index (χ2n) is 5.95. The first-order chi connectivity index (χ1) is 10.6. The van der Waals surface area contributed by atoms with E-state index in [0.717, 1.165) is 13.1 Å². The van der Waals surface area contributed by atoms with Crippen LogP contribution >= 0.6 is 31.9 Å². The van der Waals surface area contributed by atoms with Crippen LogP contribution in [0.1, 0.15) is 23.2 Å². The van der Waals surface area contributed by atoms with E-state index >= 15 is 0 Å². The van der Waals surface area contributed by atoms with Gasteiger partial charge in [0.25, 0.3) is 0 Å². The van der Waals surface area contributed by atoms with Gasteiger partial charge in [-0.25, -0.2) is 0 Å². The number of halogens is 2. The van der Waals surface area contributed by atoms with E-state index in [1.165, 1.54) is 20.1 Å². The monoisotopic (exact) mass is 422 g/mol. The van der Waals surface area contributed by atoms with Gasteiger partial charge in [-0.1, -0.05) is 68.3 Å². The molecule has 1 fully saturated rings. The van der Waals surface area contributed by atoms with Crippen LogP contribution in [0.25, 0.3) is 0 Å². The molecule has 1 aliphatic heterocycles. The van der Waals surface area contributed by atoms with E-state index < -0.39 is 0 Å². The average molecular weight is 424 g/mol. The van der Waals surface area contributed by atoms with Gasteiger partial charge in [-0.05, 0) is 37.4 Å². The molecule has 3 rings (SSSR count). The maximum atomic E-state index is 3.70. The lowest BCUT2D eigenvalue weighted by atomic mass is 9.96. The van der Waals surface area contributed by atoms with Gasteiger partial charge >= 0.3 is 0 Å². The molecule has 0 unspecified atom stereocenters. The van der Waals surface area contributed by atoms with E-state index in [9.17, 15) is 0 Å². The molecule has 0 amide bonds. The molecule has 0 bridgehead atoms. The lowest BCUT2D eigenvalue weighted by molar-refractivity contribution is 0.0617. The third kappa shape index (κ3) is 3.16. The van der Waals surface area contributed by atoms with Crippen molar-refractivity contribution in [2.75, 3.05) is 27.2 Å². The van der Waals surface area contributed by atoms with Gasteiger partial charge in [0.2, 0.25) is 0 Å². The quantitative estimate of drug-likeness (QED) is 0.679. The molecule has 2 aromatic carbocycles. The molecule has 22 heavy (non-hydrogen) atoms. The Balaban J connectivity index is 1.86. The van der Waals surface area contributed by atoms with E-state index in [1.54, 1.807) is 0 Å². The molecular formula is C18H20Br2N2. The first-order valence-electron chi connectivity index (χ1n) is 7.47. The van der Waals surface area contributed by atoms with Gasteiger partial charge in [-0.3, -0.25) is 9.80 Å². The van der Waals surface area contributed by atoms with Gasteiger partial charge in [-0.2, -0.15) is 0 Å². The molecule has 0 aliphatic carbocycles. The van der Waals surface area contributed by atoms with E-state index in [2.05, 4.69) is 104 Å². The van der Waals surface area contributed by atoms with E-state index in [4.69, 9.17) is 0 Å². The molecule has 0 radical (unpaired) electrons. The summed E-state index contributed by atoms with van der Waals surface area (Å²) in [7, 11) is 4.45. The zero-order valence-electron chi connectivity index (χ0n) is 12.8. The van der Waals surface area contributed by atoms with Crippen LogP contribution in [0.15, 0.2) is 57.5 Å². The molecule has 2 nitrogen and oxygen atoms in total. The fourth-order valence-electron chi connectivity index (χ4n) is 3.24. The highest BCUT2D eigenvalue weighted by molar-refractivity contribution is 9.10. The lowest BCUT2D eigenvalue weighted by Crippen LogP contribution is -2.47. The Morgan fingerprint density at radius 3 is 1.45 bits per heavy atom. The molecule has 0 aromatic heterocycles. The number of hydrogen-bond acceptors (Lipinski definition) is 2. The minimum atomic E-state index is 0.416. The van der Waals surface area contributed by atoms with Gasteiger partial charge in [0.15, 0.2) is 0 Å². The average Bonchev–Trinajstić information content (AvgIpc) is 2.51. The number of rotatable bonds is 2. The van der Waals surface area contributed by atoms with Crippen molar-refractivity contribution in [2.24, 2.45) is 0 Å². The zero-order chi connectivity index (χ0) is 15.7. The molecule has 0 spiro atoms. The third-order valence-electron chi connectivity index (χ3n) is 4.51. The van der Waals surface area contributed by atoms with Crippen LogP contribution in [0.4, 0.5) is 0 Å². The molecular weight excluding hydrogens is 404 g/mol. The largest absolute Gasteiger partial charge is 0.296 e. The first kappa shape index (κ1) is 16.2. The summed E-state index contributed by atoms with van der Waals surface area (Å²) in [5, 5.41) is 0. The maximum Gasteiger partial charge on any atom is 0.0484 e. The molecule has 1 saturated heterocycles. The van der Waals surface area contributed by atoms with Crippen molar-refractivity contribution < 1.29 is 0 Å². The Labute approximate surface area is 149 Å². The summed E-state index contributed by atoms with van der Waals surface area (Å²) in [5.41, 5.74) is 2.73. The summed E-state index contributed by atoms with van der Waals surface area (Å²) in [4.78, 5) is 4.92. The van der Waals surface area contributed by atoms with Crippen molar-refractivity contribution in [3.8, 4) is 0 Å². The van der Waals surface area contributed by atoms with Crippen molar-refractivity contribution in [1.29, 1.82) is 0 Å². The van der Waals surface area contributed by atoms with E-state index in [-0.39, 0.29) is 0 Å². The van der Waals surface area contributed by atoms with Crippen LogP contribution in [0.2, 0.25) is 0 Å². The summed E-state index contributed by atoms with van der Waals surface area (Å²) in [5.74, 6) is 0. The fourth-order valence-corrected chi connectivity index (χ4v) is 4.34. The second kappa shape index (κ2) is 6.83. The summed E-state index contributed by atoms with van der Waals surface area (Å²) in [6.45, 7) is 2.04. The normalized spacial score (nSPS) is 23.6. The number of piperazine rings is 1. The molecule has 116 valence electrons. The maximum absolute atomic E-state index is 3.70. The Morgan fingerprint density at radius 1 is 0.727 bits per heavy atom. The minimum Gasteiger partial charge on any atom is -0.296 e. The Hall–Kier alpha value is -0.680. The Bertz CT molecular complexity index is 602. The van der Waals surface area contributed by atoms with Crippen molar-refractivity contribution >= 4 is 31.9 Å². The molecule has 1 aliphatic rings. The van der Waals surface area contributed by atoms with Crippen LogP contribution in [0, 0.1) is 0 Å². The minimum absolute atomic E-state index is 0.416. The molecule has 0 N–H and O–H groups in total. The van der Waals surface area contributed by atoms with Gasteiger partial charge < -0.3 is 0 Å². The van der Waals surface area contributed by atoms with Gasteiger partial charge in [-0.15, -0.1) is 0 Å². The fraction of sp³-hybridized carbons (Fsp3) is 0.333. The van der Waals surface area contributed by atoms with Crippen LogP contribution < -0.4 is 0 Å². The molecule has 0 saturated carbocycles. The Kier molecular flexibility index (Phi) is 5.03. The summed E-state index contributed by atoms with van der Waals surface area (Å²) in [6.07, 6.45) is 0. The number of benzene rings is 2. The summed E-state index contributed by atoms with van der Waals surface area (Å²) in [6, 6.07) is 17.9. The van der Waals surface area contributed by atoms with E-state index in [1.807, 2.05) is 0 Å². The first-order valence-corrected chi connectivity index (χ1v) is 9.06. The topological polar surface area (TPSA) is 6.48 Å². The van der Waals surface area contributed by atoms with Crippen LogP contribution in [0.3, 0.4) is 0 Å². The Morgan fingerprint density at radius 2 is 1.09 bits per heavy atom. The standard InChI is InChI=1S/C18H20Br2N2/c1-21-11-18(14-8-4-6-10-16(14)20)22(2)12-17(21)13-7-3-5-9-15(13)19/h3-10,17-18H,11-12H2,1-2H3/t17-,18+. The predicted molar refractivity (Wildman–Crippen MR) is 99.0 cm³/mol. The smallest absolute Gasteiger partial charge is 0.0484 e. The third-order valence-corrected chi connectivity index (χ3v) is 5.96. The summed E-state index contributed by atoms with van der Waals surface area (Å²) >= 11 is 7.40. The summed E-state index contributed by atoms with van der Waals surface area (Å²) < 4.78 is 2.39. The van der Waals surface area contributed by atoms with Gasteiger partial charge in [0.1, 0.15) is 0 Å². The number of likely N-dealkylation sites (N-methyl/N-ethyl adjacent to an activating group) is 2. The molecule has 2 aromatic rings. The number of nitrogens with zero attached hydrogens (tertiary/aromatic N) is 2. The SMILES string of the molecule is CN1C[C@@H](c2ccccc2Br)N(C)C[C@@H]1c1ccccc1Br. The van der Waals surface area contributed by atoms with Crippen LogP contribution in [-0.4, -0.2) is 37.0 Å². The van der Waals surface area contributed by atoms with Gasteiger partial charge in [0, 0.05) is 34.1 Å². The van der Waals surface area contributed by atoms with Crippen molar-refractivity contribution in [1.82, 2.24) is 9.80 Å². The van der Waals surface area contributed by atoms with Crippen molar-refractivity contribution in [3.63, 3.8) is 0 Å². The van der Waals surface area contributed by atoms with Crippen molar-refractivity contribution in [3.05, 3.63) is 68.6 Å². The zero-order valence-corrected chi connectivity index (χ0v) is 16.0. The van der Waals surface area contributed by atoms with Crippen LogP contribution in [-0.2, 0) is 0 Å². The molecule has 4 heteroatoms. The van der Waals surface area contributed by atoms with Crippen LogP contribution in [0.5, 0.6) is 0 Å².